The van der Waals surface area contributed by atoms with Crippen LogP contribution in [-0.4, -0.2) is 0 Å². The summed E-state index contributed by atoms with van der Waals surface area (Å²) in [7, 11) is 0. The monoisotopic (exact) mass is 330 g/mol. The minimum atomic E-state index is -0.728. The van der Waals surface area contributed by atoms with Gasteiger partial charge in [0.15, 0.2) is 11.6 Å². The Morgan fingerprint density at radius 2 is 1.58 bits per heavy atom. The lowest BCUT2D eigenvalue weighted by atomic mass is 9.78. The first-order valence-corrected chi connectivity index (χ1v) is 8.43. The second-order valence-electron chi connectivity index (χ2n) is 6.59. The number of hydrogen-bond acceptors (Lipinski definition) is 0. The van der Waals surface area contributed by atoms with E-state index in [1.807, 2.05) is 18.2 Å². The maximum atomic E-state index is 14.1. The topological polar surface area (TPSA) is 0 Å². The van der Waals surface area contributed by atoms with Gasteiger partial charge in [-0.05, 0) is 61.6 Å². The van der Waals surface area contributed by atoms with Gasteiger partial charge in [0.05, 0.1) is 0 Å². The fraction of sp³-hybridized carbons (Fsp3) is 0.333. The van der Waals surface area contributed by atoms with Crippen molar-refractivity contribution in [3.63, 3.8) is 0 Å². The van der Waals surface area contributed by atoms with Gasteiger partial charge in [-0.15, -0.1) is 0 Å². The Morgan fingerprint density at radius 1 is 0.875 bits per heavy atom. The van der Waals surface area contributed by atoms with Gasteiger partial charge in [0.25, 0.3) is 0 Å². The van der Waals surface area contributed by atoms with Gasteiger partial charge in [0.2, 0.25) is 0 Å². The summed E-state index contributed by atoms with van der Waals surface area (Å²) in [6.45, 7) is 1.58. The Labute approximate surface area is 141 Å². The highest BCUT2D eigenvalue weighted by Gasteiger charge is 2.24. The smallest absolute Gasteiger partial charge is 0.162 e. The van der Waals surface area contributed by atoms with E-state index in [9.17, 15) is 13.2 Å². The van der Waals surface area contributed by atoms with Crippen molar-refractivity contribution in [1.29, 1.82) is 0 Å². The molecular weight excluding hydrogens is 309 g/mol. The van der Waals surface area contributed by atoms with E-state index in [0.717, 1.165) is 25.7 Å². The number of benzene rings is 2. The van der Waals surface area contributed by atoms with Crippen LogP contribution >= 0.6 is 0 Å². The highest BCUT2D eigenvalue weighted by molar-refractivity contribution is 5.50. The summed E-state index contributed by atoms with van der Waals surface area (Å²) in [5.41, 5.74) is 1.43. The SMILES string of the molecule is Cc1ccc(C2CCC(C=Cc3ccccc3F)CC2)c(F)c1F. The summed E-state index contributed by atoms with van der Waals surface area (Å²) in [6.07, 6.45) is 7.33. The number of halogens is 3. The largest absolute Gasteiger partial charge is 0.206 e. The molecule has 24 heavy (non-hydrogen) atoms. The third kappa shape index (κ3) is 3.55. The molecule has 0 atom stereocenters. The van der Waals surface area contributed by atoms with Crippen LogP contribution in [0.2, 0.25) is 0 Å². The standard InChI is InChI=1S/C21H21F3/c1-14-6-13-18(21(24)20(14)23)16-10-7-15(8-11-16)9-12-17-4-2-3-5-19(17)22/h2-6,9,12-13,15-16H,7-8,10-11H2,1H3. The summed E-state index contributed by atoms with van der Waals surface area (Å²) >= 11 is 0. The van der Waals surface area contributed by atoms with Gasteiger partial charge in [-0.1, -0.05) is 42.5 Å². The van der Waals surface area contributed by atoms with Crippen molar-refractivity contribution in [2.45, 2.75) is 38.5 Å². The average Bonchev–Trinajstić information content (AvgIpc) is 2.60. The Bertz CT molecular complexity index is 741. The van der Waals surface area contributed by atoms with Gasteiger partial charge in [-0.2, -0.15) is 0 Å². The van der Waals surface area contributed by atoms with E-state index in [1.165, 1.54) is 6.07 Å². The third-order valence-electron chi connectivity index (χ3n) is 4.97. The van der Waals surface area contributed by atoms with Crippen LogP contribution in [-0.2, 0) is 0 Å². The predicted octanol–water partition coefficient (Wildman–Crippen LogP) is 6.40. The first kappa shape index (κ1) is 16.8. The zero-order valence-corrected chi connectivity index (χ0v) is 13.7. The predicted molar refractivity (Wildman–Crippen MR) is 91.2 cm³/mol. The van der Waals surface area contributed by atoms with E-state index < -0.39 is 11.6 Å². The molecule has 3 rings (SSSR count). The molecule has 2 aromatic carbocycles. The van der Waals surface area contributed by atoms with E-state index in [1.54, 1.807) is 31.2 Å². The molecule has 2 aromatic rings. The fourth-order valence-electron chi connectivity index (χ4n) is 3.45. The van der Waals surface area contributed by atoms with E-state index in [-0.39, 0.29) is 11.7 Å². The van der Waals surface area contributed by atoms with Gasteiger partial charge in [0.1, 0.15) is 5.82 Å². The average molecular weight is 330 g/mol. The van der Waals surface area contributed by atoms with Crippen molar-refractivity contribution >= 4 is 6.08 Å². The molecule has 1 fully saturated rings. The summed E-state index contributed by atoms with van der Waals surface area (Å²) in [6, 6.07) is 10.1. The van der Waals surface area contributed by atoms with Crippen LogP contribution in [0.4, 0.5) is 13.2 Å². The van der Waals surface area contributed by atoms with Crippen molar-refractivity contribution in [3.8, 4) is 0 Å². The highest BCUT2D eigenvalue weighted by Crippen LogP contribution is 2.38. The quantitative estimate of drug-likeness (QED) is 0.611. The Kier molecular flexibility index (Phi) is 5.08. The van der Waals surface area contributed by atoms with Crippen molar-refractivity contribution in [1.82, 2.24) is 0 Å². The summed E-state index contributed by atoms with van der Waals surface area (Å²) in [5, 5.41) is 0. The lowest BCUT2D eigenvalue weighted by Gasteiger charge is -2.27. The van der Waals surface area contributed by atoms with Crippen LogP contribution in [0, 0.1) is 30.3 Å². The van der Waals surface area contributed by atoms with E-state index >= 15 is 0 Å². The number of aryl methyl sites for hydroxylation is 1. The minimum absolute atomic E-state index is 0.0678. The first-order valence-electron chi connectivity index (χ1n) is 8.43. The normalized spacial score (nSPS) is 21.3. The van der Waals surface area contributed by atoms with E-state index in [0.29, 0.717) is 22.6 Å². The molecule has 1 saturated carbocycles. The van der Waals surface area contributed by atoms with Crippen LogP contribution in [0.25, 0.3) is 6.08 Å². The Hall–Kier alpha value is -2.03. The maximum absolute atomic E-state index is 14.1. The van der Waals surface area contributed by atoms with Crippen molar-refractivity contribution in [3.05, 3.63) is 76.6 Å². The second kappa shape index (κ2) is 7.25. The molecule has 126 valence electrons. The van der Waals surface area contributed by atoms with Crippen LogP contribution in [0.15, 0.2) is 42.5 Å². The molecule has 0 N–H and O–H groups in total. The highest BCUT2D eigenvalue weighted by atomic mass is 19.2. The summed E-state index contributed by atoms with van der Waals surface area (Å²) in [4.78, 5) is 0. The van der Waals surface area contributed by atoms with Crippen LogP contribution in [0.5, 0.6) is 0 Å². The van der Waals surface area contributed by atoms with E-state index in [4.69, 9.17) is 0 Å². The van der Waals surface area contributed by atoms with Crippen LogP contribution in [0.3, 0.4) is 0 Å². The molecule has 0 saturated heterocycles. The molecule has 0 bridgehead atoms. The van der Waals surface area contributed by atoms with Gasteiger partial charge in [-0.3, -0.25) is 0 Å². The third-order valence-corrected chi connectivity index (χ3v) is 4.97. The number of rotatable bonds is 3. The molecule has 3 heteroatoms. The molecule has 0 aliphatic heterocycles. The molecule has 0 nitrogen and oxygen atoms in total. The van der Waals surface area contributed by atoms with Gasteiger partial charge < -0.3 is 0 Å². The van der Waals surface area contributed by atoms with Crippen LogP contribution < -0.4 is 0 Å². The summed E-state index contributed by atoms with van der Waals surface area (Å²) in [5.74, 6) is -1.22. The zero-order chi connectivity index (χ0) is 17.1. The second-order valence-corrected chi connectivity index (χ2v) is 6.59. The van der Waals surface area contributed by atoms with Gasteiger partial charge in [0, 0.05) is 5.56 Å². The number of allylic oxidation sites excluding steroid dienone is 1. The van der Waals surface area contributed by atoms with Gasteiger partial charge >= 0.3 is 0 Å². The van der Waals surface area contributed by atoms with Crippen molar-refractivity contribution in [2.75, 3.05) is 0 Å². The molecule has 0 spiro atoms. The zero-order valence-electron chi connectivity index (χ0n) is 13.7. The molecule has 1 aliphatic rings. The minimum Gasteiger partial charge on any atom is -0.206 e. The molecule has 0 amide bonds. The Balaban J connectivity index is 1.64. The molecular formula is C21H21F3. The first-order chi connectivity index (χ1) is 11.6. The molecule has 0 unspecified atom stereocenters. The maximum Gasteiger partial charge on any atom is 0.162 e. The fourth-order valence-corrected chi connectivity index (χ4v) is 3.45. The lowest BCUT2D eigenvalue weighted by molar-refractivity contribution is 0.364. The van der Waals surface area contributed by atoms with Gasteiger partial charge in [-0.25, -0.2) is 13.2 Å². The summed E-state index contributed by atoms with van der Waals surface area (Å²) < 4.78 is 41.5. The van der Waals surface area contributed by atoms with E-state index in [2.05, 4.69) is 0 Å². The molecule has 0 radical (unpaired) electrons. The molecule has 0 heterocycles. The number of hydrogen-bond donors (Lipinski definition) is 0. The Morgan fingerprint density at radius 3 is 2.29 bits per heavy atom. The molecule has 1 aliphatic carbocycles. The lowest BCUT2D eigenvalue weighted by Crippen LogP contribution is -2.13. The van der Waals surface area contributed by atoms with Crippen LogP contribution in [0.1, 0.15) is 48.3 Å². The van der Waals surface area contributed by atoms with Crippen molar-refractivity contribution < 1.29 is 13.2 Å². The van der Waals surface area contributed by atoms with Crippen molar-refractivity contribution in [2.24, 2.45) is 5.92 Å². The molecule has 0 aromatic heterocycles.